The molecule has 0 radical (unpaired) electrons. The van der Waals surface area contributed by atoms with Crippen LogP contribution in [-0.2, 0) is 30.3 Å². The molecule has 2 amide bonds. The van der Waals surface area contributed by atoms with Gasteiger partial charge in [0.2, 0.25) is 5.91 Å². The summed E-state index contributed by atoms with van der Waals surface area (Å²) in [6.45, 7) is 0.875. The first-order valence-electron chi connectivity index (χ1n) is 7.81. The maximum atomic E-state index is 12.5. The molecule has 9 nitrogen and oxygen atoms in total. The van der Waals surface area contributed by atoms with Gasteiger partial charge in [-0.2, -0.15) is 0 Å². The number of thiophene rings is 1. The van der Waals surface area contributed by atoms with Crippen LogP contribution in [0.1, 0.15) is 11.8 Å². The molecule has 0 aliphatic carbocycles. The van der Waals surface area contributed by atoms with E-state index in [1.165, 1.54) is 18.3 Å². The second kappa shape index (κ2) is 8.97. The van der Waals surface area contributed by atoms with Crippen LogP contribution in [0.5, 0.6) is 0 Å². The molecule has 1 aromatic rings. The van der Waals surface area contributed by atoms with Crippen LogP contribution in [0.15, 0.2) is 28.8 Å². The Balaban J connectivity index is 0.00000280. The molecule has 12 heteroatoms. The van der Waals surface area contributed by atoms with E-state index in [-0.39, 0.29) is 53.9 Å². The number of β-lactam (4-membered cyclic amide) rings is 1. The predicted octanol–water partition coefficient (Wildman–Crippen LogP) is -4.42. The van der Waals surface area contributed by atoms with Gasteiger partial charge in [0.15, 0.2) is 0 Å². The molecule has 0 saturated carbocycles. The van der Waals surface area contributed by atoms with Gasteiger partial charge in [-0.3, -0.25) is 19.3 Å². The van der Waals surface area contributed by atoms with Crippen LogP contribution in [0.25, 0.3) is 0 Å². The number of carboxylic acid groups (broad SMARTS) is 1. The Morgan fingerprint density at radius 1 is 1.46 bits per heavy atom. The molecule has 2 aliphatic rings. The van der Waals surface area contributed by atoms with Gasteiger partial charge in [0.1, 0.15) is 12.0 Å². The number of rotatable bonds is 6. The minimum atomic E-state index is -2.20. The molecule has 1 fully saturated rings. The summed E-state index contributed by atoms with van der Waals surface area (Å²) in [7, 11) is 0. The molecule has 144 valence electrons. The molecule has 28 heavy (non-hydrogen) atoms. The number of hydrogen-bond acceptors (Lipinski definition) is 9. The van der Waals surface area contributed by atoms with Crippen LogP contribution in [0.3, 0.4) is 0 Å². The van der Waals surface area contributed by atoms with Gasteiger partial charge in [-0.15, -0.1) is 23.1 Å². The Kier molecular flexibility index (Phi) is 7.34. The average molecular weight is 434 g/mol. The van der Waals surface area contributed by atoms with Gasteiger partial charge in [-0.25, -0.2) is 0 Å². The number of carbonyl (C=O) groups excluding carboxylic acids is 4. The summed E-state index contributed by atoms with van der Waals surface area (Å²) in [5.74, 6) is -3.66. The fourth-order valence-corrected chi connectivity index (χ4v) is 4.87. The number of aliphatic carboxylic acids is 1. The minimum absolute atomic E-state index is 0. The Morgan fingerprint density at radius 3 is 2.75 bits per heavy atom. The third kappa shape index (κ3) is 4.29. The average Bonchev–Trinajstić information content (AvgIpc) is 3.11. The van der Waals surface area contributed by atoms with Crippen LogP contribution >= 0.6 is 23.1 Å². The monoisotopic (exact) mass is 434 g/mol. The van der Waals surface area contributed by atoms with E-state index in [4.69, 9.17) is 4.74 Å². The summed E-state index contributed by atoms with van der Waals surface area (Å²) < 4.78 is 4.81. The summed E-state index contributed by atoms with van der Waals surface area (Å²) in [4.78, 5) is 48.7. The van der Waals surface area contributed by atoms with Crippen LogP contribution in [0.2, 0.25) is 0 Å². The van der Waals surface area contributed by atoms with Gasteiger partial charge >= 0.3 is 35.5 Å². The van der Waals surface area contributed by atoms with Crippen molar-refractivity contribution in [1.29, 1.82) is 0 Å². The van der Waals surface area contributed by atoms with Gasteiger partial charge in [-0.05, 0) is 11.4 Å². The van der Waals surface area contributed by atoms with E-state index >= 15 is 0 Å². The normalized spacial score (nSPS) is 23.3. The second-order valence-corrected chi connectivity index (χ2v) is 8.03. The maximum absolute atomic E-state index is 12.5. The van der Waals surface area contributed by atoms with Crippen LogP contribution in [0, 0.1) is 0 Å². The number of ether oxygens (including phenoxy) is 1. The van der Waals surface area contributed by atoms with E-state index in [2.05, 4.69) is 5.32 Å². The standard InChI is InChI=1S/C16H16N2O7S2.Na/c1-8(19)25-6-9-7-27-15-16(24,14(23)18(15)12(9)13(21)22)17-11(20)5-10-3-2-4-26-10;/h2-4,15,24H,5-7H2,1H3,(H,17,20)(H,21,22);/q;+1/p-1/t15-,16+;/m1./s1. The van der Waals surface area contributed by atoms with Crippen molar-refractivity contribution in [3.05, 3.63) is 33.7 Å². The van der Waals surface area contributed by atoms with Crippen molar-refractivity contribution in [3.8, 4) is 0 Å². The molecular formula is C16H15N2NaO7S2. The van der Waals surface area contributed by atoms with Gasteiger partial charge < -0.3 is 25.1 Å². The van der Waals surface area contributed by atoms with Crippen molar-refractivity contribution in [3.63, 3.8) is 0 Å². The van der Waals surface area contributed by atoms with Gasteiger partial charge in [-0.1, -0.05) is 6.07 Å². The van der Waals surface area contributed by atoms with Crippen molar-refractivity contribution in [2.24, 2.45) is 0 Å². The number of nitrogens with zero attached hydrogens (tertiary/aromatic N) is 1. The Bertz CT molecular complexity index is 842. The van der Waals surface area contributed by atoms with E-state index in [9.17, 15) is 29.4 Å². The summed E-state index contributed by atoms with van der Waals surface area (Å²) >= 11 is 2.42. The summed E-state index contributed by atoms with van der Waals surface area (Å²) in [6.07, 6.45) is -0.00841. The van der Waals surface area contributed by atoms with E-state index < -0.39 is 40.5 Å². The molecule has 1 saturated heterocycles. The molecule has 0 spiro atoms. The first kappa shape index (κ1) is 22.9. The maximum Gasteiger partial charge on any atom is 1.00 e. The SMILES string of the molecule is CC(=O)OCC1=C(C(=O)[O-])N2C(=O)[C@@](O)(NC(=O)Cc3cccs3)[C@H]2SC1.[Na+]. The van der Waals surface area contributed by atoms with Crippen molar-refractivity contribution < 1.29 is 63.7 Å². The molecule has 3 heterocycles. The number of amides is 2. The number of carbonyl (C=O) groups is 4. The Morgan fingerprint density at radius 2 is 2.18 bits per heavy atom. The third-order valence-corrected chi connectivity index (χ3v) is 6.28. The Labute approximate surface area is 190 Å². The number of hydrogen-bond donors (Lipinski definition) is 2. The Hall–Kier alpha value is -1.37. The van der Waals surface area contributed by atoms with E-state index in [1.807, 2.05) is 0 Å². The molecule has 2 N–H and O–H groups in total. The van der Waals surface area contributed by atoms with Crippen LogP contribution in [0.4, 0.5) is 0 Å². The first-order chi connectivity index (χ1) is 12.7. The van der Waals surface area contributed by atoms with Crippen LogP contribution < -0.4 is 40.0 Å². The van der Waals surface area contributed by atoms with E-state index in [0.29, 0.717) is 0 Å². The predicted molar refractivity (Wildman–Crippen MR) is 92.9 cm³/mol. The molecule has 0 bridgehead atoms. The minimum Gasteiger partial charge on any atom is -0.543 e. The number of aliphatic hydroxyl groups is 1. The number of nitrogens with one attached hydrogen (secondary N) is 1. The topological polar surface area (TPSA) is 136 Å². The van der Waals surface area contributed by atoms with Crippen molar-refractivity contribution in [1.82, 2.24) is 10.2 Å². The summed E-state index contributed by atoms with van der Waals surface area (Å²) in [6, 6.07) is 3.52. The largest absolute Gasteiger partial charge is 1.00 e. The quantitative estimate of drug-likeness (QED) is 0.198. The van der Waals surface area contributed by atoms with Crippen molar-refractivity contribution in [2.75, 3.05) is 12.4 Å². The summed E-state index contributed by atoms with van der Waals surface area (Å²) in [5.41, 5.74) is -2.46. The molecule has 1 aromatic heterocycles. The number of carboxylic acids is 1. The van der Waals surface area contributed by atoms with E-state index in [0.717, 1.165) is 21.5 Å². The smallest absolute Gasteiger partial charge is 0.543 e. The molecule has 3 rings (SSSR count). The van der Waals surface area contributed by atoms with Gasteiger partial charge in [0, 0.05) is 23.1 Å². The molecule has 0 unspecified atom stereocenters. The zero-order chi connectivity index (χ0) is 19.8. The zero-order valence-corrected chi connectivity index (χ0v) is 18.7. The van der Waals surface area contributed by atoms with Gasteiger partial charge in [0.05, 0.1) is 18.1 Å². The molecular weight excluding hydrogens is 419 g/mol. The third-order valence-electron chi connectivity index (χ3n) is 4.02. The second-order valence-electron chi connectivity index (χ2n) is 5.93. The molecule has 2 aliphatic heterocycles. The first-order valence-corrected chi connectivity index (χ1v) is 9.74. The van der Waals surface area contributed by atoms with E-state index in [1.54, 1.807) is 17.5 Å². The molecule has 2 atom stereocenters. The number of fused-ring (bicyclic) bond motifs is 1. The number of thioether (sulfide) groups is 1. The molecule has 0 aromatic carbocycles. The van der Waals surface area contributed by atoms with Crippen LogP contribution in [-0.4, -0.2) is 57.2 Å². The summed E-state index contributed by atoms with van der Waals surface area (Å²) in [5, 5.41) is 25.2. The van der Waals surface area contributed by atoms with Crippen molar-refractivity contribution >= 4 is 46.9 Å². The fourth-order valence-electron chi connectivity index (χ4n) is 2.83. The zero-order valence-electron chi connectivity index (χ0n) is 15.1. The number of esters is 1. The fraction of sp³-hybridized carbons (Fsp3) is 0.375. The van der Waals surface area contributed by atoms with Crippen molar-refractivity contribution in [2.45, 2.75) is 24.4 Å². The van der Waals surface area contributed by atoms with Gasteiger partial charge in [0.25, 0.3) is 11.6 Å².